The van der Waals surface area contributed by atoms with Gasteiger partial charge in [-0.2, -0.15) is 0 Å². The standard InChI is InChI=1S/C21H27NO4S/c1-15-5-6-16(2)20(13-15)14-27(24,25)22-17(3)7-8-19-9-11-21(12-10-19)26-18(4)23/h5-6,9-13,17,22H,7-8,14H2,1-4H3. The van der Waals surface area contributed by atoms with Crippen LogP contribution in [0.1, 0.15) is 42.5 Å². The Kier molecular flexibility index (Phi) is 7.16. The minimum Gasteiger partial charge on any atom is -0.427 e. The topological polar surface area (TPSA) is 72.5 Å². The van der Waals surface area contributed by atoms with Crippen molar-refractivity contribution in [1.29, 1.82) is 0 Å². The molecular weight excluding hydrogens is 362 g/mol. The number of esters is 1. The fourth-order valence-corrected chi connectivity index (χ4v) is 4.38. The number of carbonyl (C=O) groups is 1. The third-order valence-electron chi connectivity index (χ3n) is 4.28. The van der Waals surface area contributed by atoms with Crippen LogP contribution in [0.4, 0.5) is 0 Å². The molecule has 6 heteroatoms. The summed E-state index contributed by atoms with van der Waals surface area (Å²) in [5, 5.41) is 0. The highest BCUT2D eigenvalue weighted by atomic mass is 32.2. The highest BCUT2D eigenvalue weighted by Gasteiger charge is 2.16. The van der Waals surface area contributed by atoms with Gasteiger partial charge in [0.1, 0.15) is 5.75 Å². The molecule has 0 saturated heterocycles. The summed E-state index contributed by atoms with van der Waals surface area (Å²) in [6, 6.07) is 12.9. The molecule has 2 rings (SSSR count). The second-order valence-corrected chi connectivity index (χ2v) is 8.74. The summed E-state index contributed by atoms with van der Waals surface area (Å²) in [4.78, 5) is 10.9. The van der Waals surface area contributed by atoms with Crippen molar-refractivity contribution in [3.05, 3.63) is 64.7 Å². The number of benzene rings is 2. The van der Waals surface area contributed by atoms with Crippen LogP contribution in [0.15, 0.2) is 42.5 Å². The summed E-state index contributed by atoms with van der Waals surface area (Å²) >= 11 is 0. The van der Waals surface area contributed by atoms with Crippen molar-refractivity contribution >= 4 is 16.0 Å². The molecule has 2 aromatic rings. The van der Waals surface area contributed by atoms with Crippen molar-refractivity contribution in [1.82, 2.24) is 4.72 Å². The zero-order valence-corrected chi connectivity index (χ0v) is 17.1. The Morgan fingerprint density at radius 1 is 1.11 bits per heavy atom. The molecule has 0 saturated carbocycles. The maximum atomic E-state index is 12.5. The van der Waals surface area contributed by atoms with Crippen molar-refractivity contribution in [2.75, 3.05) is 0 Å². The quantitative estimate of drug-likeness (QED) is 0.552. The van der Waals surface area contributed by atoms with Gasteiger partial charge >= 0.3 is 5.97 Å². The van der Waals surface area contributed by atoms with E-state index in [1.165, 1.54) is 6.92 Å². The molecule has 146 valence electrons. The first-order valence-electron chi connectivity index (χ1n) is 8.98. The van der Waals surface area contributed by atoms with E-state index < -0.39 is 10.0 Å². The summed E-state index contributed by atoms with van der Waals surface area (Å²) in [5.74, 6) is 0.144. The van der Waals surface area contributed by atoms with Gasteiger partial charge < -0.3 is 4.74 Å². The van der Waals surface area contributed by atoms with Gasteiger partial charge in [-0.3, -0.25) is 4.79 Å². The highest BCUT2D eigenvalue weighted by Crippen LogP contribution is 2.16. The summed E-state index contributed by atoms with van der Waals surface area (Å²) in [5.41, 5.74) is 3.92. The Morgan fingerprint density at radius 2 is 1.78 bits per heavy atom. The molecule has 0 bridgehead atoms. The van der Waals surface area contributed by atoms with Crippen molar-refractivity contribution in [3.8, 4) is 5.75 Å². The summed E-state index contributed by atoms with van der Waals surface area (Å²) in [6.07, 6.45) is 1.41. The van der Waals surface area contributed by atoms with Crippen LogP contribution >= 0.6 is 0 Å². The lowest BCUT2D eigenvalue weighted by molar-refractivity contribution is -0.131. The predicted molar refractivity (Wildman–Crippen MR) is 107 cm³/mol. The first-order chi connectivity index (χ1) is 12.6. The number of nitrogens with one attached hydrogen (secondary N) is 1. The maximum absolute atomic E-state index is 12.5. The predicted octanol–water partition coefficient (Wildman–Crippen LogP) is 3.67. The van der Waals surface area contributed by atoms with Crippen LogP contribution in [0.3, 0.4) is 0 Å². The van der Waals surface area contributed by atoms with Crippen LogP contribution in [0.2, 0.25) is 0 Å². The zero-order chi connectivity index (χ0) is 20.0. The van der Waals surface area contributed by atoms with Gasteiger partial charge in [0, 0.05) is 13.0 Å². The van der Waals surface area contributed by atoms with Crippen molar-refractivity contribution < 1.29 is 17.9 Å². The Balaban J connectivity index is 1.89. The number of hydrogen-bond acceptors (Lipinski definition) is 4. The molecule has 0 heterocycles. The number of sulfonamides is 1. The van der Waals surface area contributed by atoms with Crippen LogP contribution in [-0.4, -0.2) is 20.4 Å². The second kappa shape index (κ2) is 9.15. The lowest BCUT2D eigenvalue weighted by Gasteiger charge is -2.15. The fraction of sp³-hybridized carbons (Fsp3) is 0.381. The molecule has 0 amide bonds. The molecule has 0 radical (unpaired) electrons. The van der Waals surface area contributed by atoms with E-state index in [9.17, 15) is 13.2 Å². The lowest BCUT2D eigenvalue weighted by atomic mass is 10.1. The first kappa shape index (κ1) is 21.1. The van der Waals surface area contributed by atoms with Crippen molar-refractivity contribution in [2.24, 2.45) is 0 Å². The average Bonchev–Trinajstić information content (AvgIpc) is 2.56. The molecule has 0 fully saturated rings. The van der Waals surface area contributed by atoms with Gasteiger partial charge in [-0.1, -0.05) is 35.9 Å². The molecule has 2 aromatic carbocycles. The highest BCUT2D eigenvalue weighted by molar-refractivity contribution is 7.88. The van der Waals surface area contributed by atoms with E-state index in [4.69, 9.17) is 4.74 Å². The molecule has 1 N–H and O–H groups in total. The lowest BCUT2D eigenvalue weighted by Crippen LogP contribution is -2.34. The summed E-state index contributed by atoms with van der Waals surface area (Å²) in [6.45, 7) is 7.11. The van der Waals surface area contributed by atoms with Crippen molar-refractivity contribution in [3.63, 3.8) is 0 Å². The Bertz CT molecular complexity index is 889. The smallest absolute Gasteiger partial charge is 0.308 e. The van der Waals surface area contributed by atoms with Crippen LogP contribution in [-0.2, 0) is 27.0 Å². The molecule has 1 unspecified atom stereocenters. The molecule has 0 aliphatic heterocycles. The molecule has 0 spiro atoms. The van der Waals surface area contributed by atoms with Crippen LogP contribution in [0.25, 0.3) is 0 Å². The number of aryl methyl sites for hydroxylation is 3. The number of carbonyl (C=O) groups excluding carboxylic acids is 1. The van der Waals surface area contributed by atoms with Crippen LogP contribution in [0.5, 0.6) is 5.75 Å². The van der Waals surface area contributed by atoms with E-state index in [0.717, 1.165) is 28.7 Å². The van der Waals surface area contributed by atoms with Crippen LogP contribution in [0, 0.1) is 13.8 Å². The van der Waals surface area contributed by atoms with Gasteiger partial charge in [0.2, 0.25) is 10.0 Å². The average molecular weight is 390 g/mol. The largest absolute Gasteiger partial charge is 0.427 e. The van der Waals surface area contributed by atoms with Gasteiger partial charge in [0.15, 0.2) is 0 Å². The van der Waals surface area contributed by atoms with Gasteiger partial charge in [0.25, 0.3) is 0 Å². The Labute approximate surface area is 161 Å². The SMILES string of the molecule is CC(=O)Oc1ccc(CCC(C)NS(=O)(=O)Cc2cc(C)ccc2C)cc1. The Morgan fingerprint density at radius 3 is 2.41 bits per heavy atom. The Hall–Kier alpha value is -2.18. The van der Waals surface area contributed by atoms with E-state index in [-0.39, 0.29) is 17.8 Å². The molecular formula is C21H27NO4S. The summed E-state index contributed by atoms with van der Waals surface area (Å²) in [7, 11) is -3.41. The summed E-state index contributed by atoms with van der Waals surface area (Å²) < 4.78 is 32.7. The third-order valence-corrected chi connectivity index (χ3v) is 5.73. The van der Waals surface area contributed by atoms with E-state index in [0.29, 0.717) is 12.2 Å². The van der Waals surface area contributed by atoms with Crippen LogP contribution < -0.4 is 9.46 Å². The monoisotopic (exact) mass is 389 g/mol. The van der Waals surface area contributed by atoms with E-state index in [2.05, 4.69) is 4.72 Å². The molecule has 0 aliphatic carbocycles. The number of rotatable bonds is 8. The normalized spacial score (nSPS) is 12.6. The molecule has 0 aromatic heterocycles. The van der Waals surface area contributed by atoms with E-state index >= 15 is 0 Å². The second-order valence-electron chi connectivity index (χ2n) is 6.98. The molecule has 27 heavy (non-hydrogen) atoms. The minimum absolute atomic E-state index is 0.0120. The third kappa shape index (κ3) is 7.15. The van der Waals surface area contributed by atoms with Crippen molar-refractivity contribution in [2.45, 2.75) is 52.3 Å². The number of hydrogen-bond donors (Lipinski definition) is 1. The molecule has 1 atom stereocenters. The molecule has 5 nitrogen and oxygen atoms in total. The van der Waals surface area contributed by atoms with E-state index in [1.807, 2.05) is 51.1 Å². The minimum atomic E-state index is -3.41. The first-order valence-corrected chi connectivity index (χ1v) is 10.6. The van der Waals surface area contributed by atoms with Gasteiger partial charge in [-0.15, -0.1) is 0 Å². The van der Waals surface area contributed by atoms with Gasteiger partial charge in [-0.25, -0.2) is 13.1 Å². The van der Waals surface area contributed by atoms with Gasteiger partial charge in [0.05, 0.1) is 5.75 Å². The van der Waals surface area contributed by atoms with Gasteiger partial charge in [-0.05, 0) is 62.4 Å². The number of ether oxygens (including phenoxy) is 1. The zero-order valence-electron chi connectivity index (χ0n) is 16.3. The maximum Gasteiger partial charge on any atom is 0.308 e. The van der Waals surface area contributed by atoms with E-state index in [1.54, 1.807) is 12.1 Å². The fourth-order valence-electron chi connectivity index (χ4n) is 2.84. The molecule has 0 aliphatic rings.